The molecule has 4 rings (SSSR count). The molecule has 7 nitrogen and oxygen atoms in total. The molecule has 1 aliphatic heterocycles. The summed E-state index contributed by atoms with van der Waals surface area (Å²) in [4.78, 5) is 31.4. The first-order valence-corrected chi connectivity index (χ1v) is 9.29. The van der Waals surface area contributed by atoms with E-state index in [1.54, 1.807) is 18.2 Å². The van der Waals surface area contributed by atoms with Crippen LogP contribution in [0.3, 0.4) is 0 Å². The number of piperidine rings is 1. The van der Waals surface area contributed by atoms with Gasteiger partial charge in [0, 0.05) is 25.3 Å². The monoisotopic (exact) mass is 365 g/mol. The number of amides is 2. The van der Waals surface area contributed by atoms with Crippen molar-refractivity contribution in [2.45, 2.75) is 25.8 Å². The second-order valence-electron chi connectivity index (χ2n) is 6.83. The molecule has 0 unspecified atom stereocenters. The van der Waals surface area contributed by atoms with E-state index >= 15 is 0 Å². The van der Waals surface area contributed by atoms with Gasteiger partial charge in [0.2, 0.25) is 0 Å². The number of fused-ring (bicyclic) bond motifs is 1. The van der Waals surface area contributed by atoms with Gasteiger partial charge in [-0.15, -0.1) is 0 Å². The number of carbonyl (C=O) groups is 1. The van der Waals surface area contributed by atoms with Gasteiger partial charge >= 0.3 is 11.7 Å². The molecule has 140 valence electrons. The Hall–Kier alpha value is -3.22. The van der Waals surface area contributed by atoms with Crippen LogP contribution in [0.1, 0.15) is 24.8 Å². The molecule has 0 saturated carbocycles. The van der Waals surface area contributed by atoms with Gasteiger partial charge in [-0.1, -0.05) is 18.2 Å². The zero-order valence-electron chi connectivity index (χ0n) is 15.0. The lowest BCUT2D eigenvalue weighted by molar-refractivity contribution is 0.252. The average Bonchev–Trinajstić information content (AvgIpc) is 3.09. The van der Waals surface area contributed by atoms with E-state index in [1.807, 2.05) is 0 Å². The largest absolute Gasteiger partial charge is 0.372 e. The number of rotatable bonds is 4. The van der Waals surface area contributed by atoms with Crippen molar-refractivity contribution in [2.24, 2.45) is 0 Å². The highest BCUT2D eigenvalue weighted by atomic mass is 16.2. The van der Waals surface area contributed by atoms with Gasteiger partial charge in [-0.3, -0.25) is 0 Å². The molecule has 0 spiro atoms. The topological polar surface area (TPSA) is 93.0 Å². The number of H-pyrrole nitrogens is 2. The lowest BCUT2D eigenvalue weighted by Gasteiger charge is -2.28. The quantitative estimate of drug-likeness (QED) is 0.572. The number of para-hydroxylation sites is 1. The Morgan fingerprint density at radius 2 is 1.78 bits per heavy atom. The summed E-state index contributed by atoms with van der Waals surface area (Å²) in [6, 6.07) is 13.3. The van der Waals surface area contributed by atoms with E-state index < -0.39 is 0 Å². The van der Waals surface area contributed by atoms with E-state index in [1.165, 1.54) is 24.9 Å². The van der Waals surface area contributed by atoms with Crippen LogP contribution < -0.4 is 21.2 Å². The Bertz CT molecular complexity index is 984. The molecule has 3 aromatic rings. The number of imidazole rings is 1. The zero-order chi connectivity index (χ0) is 18.6. The summed E-state index contributed by atoms with van der Waals surface area (Å²) >= 11 is 0. The SMILES string of the molecule is O=C(NCc1ccc(N2CCCCC2)cc1)Nc1cccc2[nH]c(=O)[nH]c12. The second-order valence-corrected chi connectivity index (χ2v) is 6.83. The summed E-state index contributed by atoms with van der Waals surface area (Å²) < 4.78 is 0. The Labute approximate surface area is 156 Å². The van der Waals surface area contributed by atoms with Crippen LogP contribution >= 0.6 is 0 Å². The highest BCUT2D eigenvalue weighted by molar-refractivity contribution is 5.98. The molecule has 27 heavy (non-hydrogen) atoms. The van der Waals surface area contributed by atoms with Crippen molar-refractivity contribution >= 4 is 28.4 Å². The molecule has 2 heterocycles. The van der Waals surface area contributed by atoms with Crippen LogP contribution in [0.4, 0.5) is 16.2 Å². The molecule has 0 bridgehead atoms. The predicted molar refractivity (Wildman–Crippen MR) is 107 cm³/mol. The van der Waals surface area contributed by atoms with Gasteiger partial charge in [0.1, 0.15) is 0 Å². The third-order valence-electron chi connectivity index (χ3n) is 4.91. The standard InChI is InChI=1S/C20H23N5O2/c26-19(22-16-5-4-6-17-18(16)24-20(27)23-17)21-13-14-7-9-15(10-8-14)25-11-2-1-3-12-25/h4-10H,1-3,11-13H2,(H2,21,22,26)(H2,23,24,27). The maximum atomic E-state index is 12.2. The average molecular weight is 365 g/mol. The first-order valence-electron chi connectivity index (χ1n) is 9.29. The Kier molecular flexibility index (Phi) is 4.82. The molecule has 2 amide bonds. The number of anilines is 2. The molecule has 1 aliphatic rings. The van der Waals surface area contributed by atoms with Crippen molar-refractivity contribution in [3.8, 4) is 0 Å². The van der Waals surface area contributed by atoms with Crippen molar-refractivity contribution in [3.63, 3.8) is 0 Å². The molecular weight excluding hydrogens is 342 g/mol. The second kappa shape index (κ2) is 7.57. The van der Waals surface area contributed by atoms with Crippen LogP contribution in [0.2, 0.25) is 0 Å². The number of aromatic nitrogens is 2. The van der Waals surface area contributed by atoms with E-state index in [4.69, 9.17) is 0 Å². The van der Waals surface area contributed by atoms with E-state index in [9.17, 15) is 9.59 Å². The van der Waals surface area contributed by atoms with Crippen LogP contribution in [-0.4, -0.2) is 29.1 Å². The van der Waals surface area contributed by atoms with Crippen molar-refractivity contribution in [2.75, 3.05) is 23.3 Å². The molecule has 1 fully saturated rings. The van der Waals surface area contributed by atoms with E-state index in [-0.39, 0.29) is 11.7 Å². The molecule has 2 aromatic carbocycles. The van der Waals surface area contributed by atoms with Gasteiger partial charge < -0.3 is 25.5 Å². The summed E-state index contributed by atoms with van der Waals surface area (Å²) in [6.07, 6.45) is 3.82. The maximum Gasteiger partial charge on any atom is 0.323 e. The summed E-state index contributed by atoms with van der Waals surface area (Å²) in [5.74, 6) is 0. The normalized spacial score (nSPS) is 14.3. The summed E-state index contributed by atoms with van der Waals surface area (Å²) in [6.45, 7) is 2.67. The van der Waals surface area contributed by atoms with Crippen molar-refractivity contribution < 1.29 is 4.79 Å². The molecule has 1 aromatic heterocycles. The smallest absolute Gasteiger partial charge is 0.323 e. The first kappa shape index (κ1) is 17.2. The Morgan fingerprint density at radius 3 is 2.56 bits per heavy atom. The van der Waals surface area contributed by atoms with Crippen molar-refractivity contribution in [1.29, 1.82) is 0 Å². The lowest BCUT2D eigenvalue weighted by atomic mass is 10.1. The molecule has 0 radical (unpaired) electrons. The number of hydrogen-bond acceptors (Lipinski definition) is 3. The Balaban J connectivity index is 1.35. The fourth-order valence-electron chi connectivity index (χ4n) is 3.49. The molecule has 0 aliphatic carbocycles. The molecule has 4 N–H and O–H groups in total. The maximum absolute atomic E-state index is 12.2. The number of benzene rings is 2. The zero-order valence-corrected chi connectivity index (χ0v) is 15.0. The van der Waals surface area contributed by atoms with E-state index in [2.05, 4.69) is 49.8 Å². The number of nitrogens with one attached hydrogen (secondary N) is 4. The molecule has 7 heteroatoms. The molecule has 1 saturated heterocycles. The number of hydrogen-bond donors (Lipinski definition) is 4. The van der Waals surface area contributed by atoms with Gasteiger partial charge in [-0.25, -0.2) is 9.59 Å². The summed E-state index contributed by atoms with van der Waals surface area (Å²) in [5.41, 5.74) is 3.79. The van der Waals surface area contributed by atoms with E-state index in [0.717, 1.165) is 18.7 Å². The van der Waals surface area contributed by atoms with E-state index in [0.29, 0.717) is 23.3 Å². The highest BCUT2D eigenvalue weighted by Gasteiger charge is 2.11. The first-order chi connectivity index (χ1) is 13.2. The van der Waals surface area contributed by atoms with Crippen molar-refractivity contribution in [1.82, 2.24) is 15.3 Å². The fourth-order valence-corrected chi connectivity index (χ4v) is 3.49. The minimum absolute atomic E-state index is 0.298. The van der Waals surface area contributed by atoms with Crippen LogP contribution in [0.15, 0.2) is 47.3 Å². The third-order valence-corrected chi connectivity index (χ3v) is 4.91. The molecule has 0 atom stereocenters. The number of aromatic amines is 2. The van der Waals surface area contributed by atoms with Gasteiger partial charge in [0.15, 0.2) is 0 Å². The van der Waals surface area contributed by atoms with Crippen LogP contribution in [0, 0.1) is 0 Å². The fraction of sp³-hybridized carbons (Fsp3) is 0.300. The number of carbonyl (C=O) groups excluding carboxylic acids is 1. The number of nitrogens with zero attached hydrogens (tertiary/aromatic N) is 1. The van der Waals surface area contributed by atoms with Gasteiger partial charge in [0.25, 0.3) is 0 Å². The minimum Gasteiger partial charge on any atom is -0.372 e. The van der Waals surface area contributed by atoms with Crippen LogP contribution in [-0.2, 0) is 6.54 Å². The minimum atomic E-state index is -0.315. The predicted octanol–water partition coefficient (Wildman–Crippen LogP) is 3.17. The highest BCUT2D eigenvalue weighted by Crippen LogP contribution is 2.20. The third kappa shape index (κ3) is 3.97. The van der Waals surface area contributed by atoms with Gasteiger partial charge in [-0.2, -0.15) is 0 Å². The molecular formula is C20H23N5O2. The van der Waals surface area contributed by atoms with Crippen LogP contribution in [0.25, 0.3) is 11.0 Å². The Morgan fingerprint density at radius 1 is 1.00 bits per heavy atom. The summed E-state index contributed by atoms with van der Waals surface area (Å²) in [5, 5.41) is 5.64. The van der Waals surface area contributed by atoms with Gasteiger partial charge in [-0.05, 0) is 49.1 Å². The van der Waals surface area contributed by atoms with Gasteiger partial charge in [0.05, 0.1) is 16.7 Å². The van der Waals surface area contributed by atoms with Crippen LogP contribution in [0.5, 0.6) is 0 Å². The number of urea groups is 1. The summed E-state index contributed by atoms with van der Waals surface area (Å²) in [7, 11) is 0. The lowest BCUT2D eigenvalue weighted by Crippen LogP contribution is -2.29. The van der Waals surface area contributed by atoms with Crippen molar-refractivity contribution in [3.05, 3.63) is 58.5 Å².